The second-order valence-electron chi connectivity index (χ2n) is 3.07. The molecule has 0 spiro atoms. The summed E-state index contributed by atoms with van der Waals surface area (Å²) in [5, 5.41) is 0. The van der Waals surface area contributed by atoms with Crippen molar-refractivity contribution in [1.82, 2.24) is 9.88 Å². The van der Waals surface area contributed by atoms with Crippen molar-refractivity contribution in [1.29, 1.82) is 0 Å². The number of amides is 1. The number of aromatic nitrogens is 1. The van der Waals surface area contributed by atoms with Gasteiger partial charge in [0.15, 0.2) is 11.6 Å². The van der Waals surface area contributed by atoms with Gasteiger partial charge in [-0.1, -0.05) is 0 Å². The number of hydrogen-bond acceptors (Lipinski definition) is 3. The summed E-state index contributed by atoms with van der Waals surface area (Å²) < 4.78 is 4.76. The minimum atomic E-state index is -0.0852. The first-order chi connectivity index (χ1) is 6.27. The van der Waals surface area contributed by atoms with E-state index in [-0.39, 0.29) is 11.8 Å². The van der Waals surface area contributed by atoms with Crippen LogP contribution >= 0.6 is 0 Å². The van der Waals surface area contributed by atoms with E-state index in [1.54, 1.807) is 4.90 Å². The number of hydrogen-bond donors (Lipinski definition) is 0. The molecular formula is C9H10N2O2. The van der Waals surface area contributed by atoms with Crippen molar-refractivity contribution in [2.24, 2.45) is 0 Å². The van der Waals surface area contributed by atoms with E-state index in [0.29, 0.717) is 5.69 Å². The van der Waals surface area contributed by atoms with E-state index in [9.17, 15) is 4.79 Å². The van der Waals surface area contributed by atoms with E-state index < -0.39 is 0 Å². The van der Waals surface area contributed by atoms with Crippen LogP contribution in [0.2, 0.25) is 0 Å². The third-order valence-electron chi connectivity index (χ3n) is 2.13. The SMILES string of the molecule is [CH]c1nc(C(=O)N2CCCC2)co1. The first-order valence-electron chi connectivity index (χ1n) is 4.27. The summed E-state index contributed by atoms with van der Waals surface area (Å²) in [4.78, 5) is 17.1. The van der Waals surface area contributed by atoms with Gasteiger partial charge in [-0.25, -0.2) is 4.98 Å². The summed E-state index contributed by atoms with van der Waals surface area (Å²) in [6.07, 6.45) is 3.44. The van der Waals surface area contributed by atoms with Gasteiger partial charge in [-0.3, -0.25) is 4.79 Å². The number of carbonyl (C=O) groups is 1. The van der Waals surface area contributed by atoms with Crippen LogP contribution in [0, 0.1) is 6.92 Å². The highest BCUT2D eigenvalue weighted by molar-refractivity contribution is 5.92. The highest BCUT2D eigenvalue weighted by atomic mass is 16.3. The maximum atomic E-state index is 11.6. The predicted octanol–water partition coefficient (Wildman–Crippen LogP) is 0.970. The van der Waals surface area contributed by atoms with Crippen molar-refractivity contribution in [2.75, 3.05) is 13.1 Å². The molecule has 0 N–H and O–H groups in total. The van der Waals surface area contributed by atoms with E-state index in [1.807, 2.05) is 0 Å². The minimum absolute atomic E-state index is 0.0440. The summed E-state index contributed by atoms with van der Waals surface area (Å²) >= 11 is 0. The van der Waals surface area contributed by atoms with Crippen molar-refractivity contribution >= 4 is 5.91 Å². The van der Waals surface area contributed by atoms with E-state index in [0.717, 1.165) is 25.9 Å². The van der Waals surface area contributed by atoms with Gasteiger partial charge >= 0.3 is 0 Å². The van der Waals surface area contributed by atoms with Gasteiger partial charge in [-0.2, -0.15) is 0 Å². The molecule has 2 rings (SSSR count). The lowest BCUT2D eigenvalue weighted by molar-refractivity contribution is 0.0787. The Balaban J connectivity index is 2.12. The number of rotatable bonds is 1. The zero-order chi connectivity index (χ0) is 9.26. The van der Waals surface area contributed by atoms with Gasteiger partial charge < -0.3 is 9.32 Å². The van der Waals surface area contributed by atoms with E-state index in [4.69, 9.17) is 11.3 Å². The molecule has 1 amide bonds. The lowest BCUT2D eigenvalue weighted by Crippen LogP contribution is -2.27. The Hall–Kier alpha value is -1.32. The quantitative estimate of drug-likeness (QED) is 0.643. The second-order valence-corrected chi connectivity index (χ2v) is 3.07. The van der Waals surface area contributed by atoms with Crippen molar-refractivity contribution in [2.45, 2.75) is 12.8 Å². The fourth-order valence-electron chi connectivity index (χ4n) is 1.47. The van der Waals surface area contributed by atoms with Gasteiger partial charge in [0, 0.05) is 13.1 Å². The first kappa shape index (κ1) is 8.29. The Morgan fingerprint density at radius 2 is 2.23 bits per heavy atom. The molecule has 68 valence electrons. The third-order valence-corrected chi connectivity index (χ3v) is 2.13. The Morgan fingerprint density at radius 3 is 2.77 bits per heavy atom. The maximum Gasteiger partial charge on any atom is 0.275 e. The van der Waals surface area contributed by atoms with Crippen molar-refractivity contribution in [3.63, 3.8) is 0 Å². The average Bonchev–Trinajstić information content (AvgIpc) is 2.72. The van der Waals surface area contributed by atoms with Crippen LogP contribution < -0.4 is 0 Å². The molecule has 1 aliphatic heterocycles. The van der Waals surface area contributed by atoms with Crippen molar-refractivity contribution in [3.05, 3.63) is 24.8 Å². The van der Waals surface area contributed by atoms with Gasteiger partial charge in [-0.15, -0.1) is 0 Å². The molecular weight excluding hydrogens is 168 g/mol. The van der Waals surface area contributed by atoms with Crippen molar-refractivity contribution < 1.29 is 9.21 Å². The molecule has 1 aromatic heterocycles. The Labute approximate surface area is 76.6 Å². The molecule has 1 fully saturated rings. The average molecular weight is 178 g/mol. The molecule has 0 atom stereocenters. The Morgan fingerprint density at radius 1 is 1.54 bits per heavy atom. The van der Waals surface area contributed by atoms with Crippen LogP contribution in [-0.2, 0) is 0 Å². The smallest absolute Gasteiger partial charge is 0.275 e. The standard InChI is InChI=1S/C9H10N2O2/c1-7-10-8(6-13-7)9(12)11-4-2-3-5-11/h1,6H,2-5H2. The molecule has 1 saturated heterocycles. The molecule has 4 nitrogen and oxygen atoms in total. The number of carbonyl (C=O) groups excluding carboxylic acids is 1. The molecule has 2 radical (unpaired) electrons. The zero-order valence-electron chi connectivity index (χ0n) is 7.19. The second kappa shape index (κ2) is 3.20. The van der Waals surface area contributed by atoms with Crippen LogP contribution in [0.15, 0.2) is 10.7 Å². The van der Waals surface area contributed by atoms with Crippen LogP contribution in [-0.4, -0.2) is 28.9 Å². The third kappa shape index (κ3) is 1.56. The monoisotopic (exact) mass is 178 g/mol. The molecule has 0 aliphatic carbocycles. The minimum Gasteiger partial charge on any atom is -0.448 e. The van der Waals surface area contributed by atoms with E-state index >= 15 is 0 Å². The maximum absolute atomic E-state index is 11.6. The van der Waals surface area contributed by atoms with Gasteiger partial charge in [0.2, 0.25) is 0 Å². The Kier molecular flexibility index (Phi) is 2.04. The van der Waals surface area contributed by atoms with Crippen LogP contribution in [0.25, 0.3) is 0 Å². The van der Waals surface area contributed by atoms with Crippen LogP contribution in [0.4, 0.5) is 0 Å². The van der Waals surface area contributed by atoms with Gasteiger partial charge in [0.05, 0.1) is 6.92 Å². The molecule has 1 aromatic rings. The molecule has 1 aliphatic rings. The summed E-state index contributed by atoms with van der Waals surface area (Å²) in [5.41, 5.74) is 0.305. The fraction of sp³-hybridized carbons (Fsp3) is 0.444. The van der Waals surface area contributed by atoms with E-state index in [2.05, 4.69) is 4.98 Å². The highest BCUT2D eigenvalue weighted by Gasteiger charge is 2.21. The van der Waals surface area contributed by atoms with Gasteiger partial charge in [0.1, 0.15) is 6.26 Å². The molecule has 0 unspecified atom stereocenters. The van der Waals surface area contributed by atoms with Crippen molar-refractivity contribution in [3.8, 4) is 0 Å². The van der Waals surface area contributed by atoms with Crippen LogP contribution in [0.5, 0.6) is 0 Å². The van der Waals surface area contributed by atoms with Crippen LogP contribution in [0.3, 0.4) is 0 Å². The van der Waals surface area contributed by atoms with E-state index in [1.165, 1.54) is 6.26 Å². The number of oxazole rings is 1. The number of likely N-dealkylation sites (tertiary alicyclic amines) is 1. The lowest BCUT2D eigenvalue weighted by Gasteiger charge is -2.12. The first-order valence-corrected chi connectivity index (χ1v) is 4.27. The predicted molar refractivity (Wildman–Crippen MR) is 45.0 cm³/mol. The Bertz CT molecular complexity index is 313. The molecule has 0 saturated carbocycles. The molecule has 0 aromatic carbocycles. The highest BCUT2D eigenvalue weighted by Crippen LogP contribution is 2.12. The van der Waals surface area contributed by atoms with Gasteiger partial charge in [0.25, 0.3) is 5.91 Å². The van der Waals surface area contributed by atoms with Gasteiger partial charge in [-0.05, 0) is 12.8 Å². The fourth-order valence-corrected chi connectivity index (χ4v) is 1.47. The summed E-state index contributed by atoms with van der Waals surface area (Å²) in [5.74, 6) is -0.0412. The molecule has 13 heavy (non-hydrogen) atoms. The molecule has 4 heteroatoms. The normalized spacial score (nSPS) is 16.5. The largest absolute Gasteiger partial charge is 0.448 e. The molecule has 0 bridgehead atoms. The van der Waals surface area contributed by atoms with Crippen LogP contribution in [0.1, 0.15) is 29.2 Å². The number of nitrogens with zero attached hydrogens (tertiary/aromatic N) is 2. The molecule has 2 heterocycles. The zero-order valence-corrected chi connectivity index (χ0v) is 7.19. The lowest BCUT2D eigenvalue weighted by atomic mass is 10.4. The summed E-state index contributed by atoms with van der Waals surface area (Å²) in [6.45, 7) is 6.89. The topological polar surface area (TPSA) is 46.3 Å². The summed E-state index contributed by atoms with van der Waals surface area (Å²) in [7, 11) is 0. The summed E-state index contributed by atoms with van der Waals surface area (Å²) in [6, 6.07) is 0.